The van der Waals surface area contributed by atoms with Crippen molar-refractivity contribution in [3.05, 3.63) is 65.7 Å². The van der Waals surface area contributed by atoms with Crippen LogP contribution < -0.4 is 4.74 Å². The Hall–Kier alpha value is -2.82. The van der Waals surface area contributed by atoms with Crippen LogP contribution in [0, 0.1) is 5.41 Å². The molecule has 136 valence electrons. The van der Waals surface area contributed by atoms with E-state index in [1.165, 1.54) is 0 Å². The van der Waals surface area contributed by atoms with Crippen LogP contribution in [0.15, 0.2) is 54.6 Å². The van der Waals surface area contributed by atoms with Gasteiger partial charge in [-0.2, -0.15) is 0 Å². The number of hydrogen-bond donors (Lipinski definition) is 1. The number of likely N-dealkylation sites (tertiary alicyclic amines) is 1. The van der Waals surface area contributed by atoms with E-state index in [0.29, 0.717) is 37.3 Å². The molecule has 1 heterocycles. The Morgan fingerprint density at radius 2 is 1.81 bits per heavy atom. The minimum atomic E-state index is -0.868. The number of ether oxygens (including phenoxy) is 1. The Bertz CT molecular complexity index is 772. The Morgan fingerprint density at radius 1 is 1.12 bits per heavy atom. The number of carbonyl (C=O) groups is 2. The molecule has 0 aliphatic carbocycles. The van der Waals surface area contributed by atoms with E-state index < -0.39 is 11.4 Å². The molecule has 1 amide bonds. The van der Waals surface area contributed by atoms with Crippen LogP contribution in [-0.4, -0.2) is 35.0 Å². The average Bonchev–Trinajstić information content (AvgIpc) is 2.67. The van der Waals surface area contributed by atoms with Crippen LogP contribution in [-0.2, 0) is 11.4 Å². The smallest absolute Gasteiger partial charge is 0.311 e. The number of benzene rings is 2. The van der Waals surface area contributed by atoms with Gasteiger partial charge in [0.25, 0.3) is 5.91 Å². The van der Waals surface area contributed by atoms with Gasteiger partial charge in [0.05, 0.1) is 5.41 Å². The first-order chi connectivity index (χ1) is 12.5. The quantitative estimate of drug-likeness (QED) is 0.892. The van der Waals surface area contributed by atoms with E-state index in [1.807, 2.05) is 30.3 Å². The van der Waals surface area contributed by atoms with Crippen LogP contribution >= 0.6 is 0 Å². The molecule has 1 fully saturated rings. The highest BCUT2D eigenvalue weighted by atomic mass is 16.5. The van der Waals surface area contributed by atoms with Crippen molar-refractivity contribution in [2.45, 2.75) is 26.4 Å². The molecule has 1 saturated heterocycles. The number of amides is 1. The molecule has 0 aromatic heterocycles. The number of carbonyl (C=O) groups excluding carboxylic acids is 1. The lowest BCUT2D eigenvalue weighted by molar-refractivity contribution is -0.150. The van der Waals surface area contributed by atoms with Gasteiger partial charge in [0, 0.05) is 18.7 Å². The monoisotopic (exact) mass is 353 g/mol. The molecule has 2 aromatic carbocycles. The lowest BCUT2D eigenvalue weighted by Gasteiger charge is -2.37. The zero-order chi connectivity index (χ0) is 18.6. The van der Waals surface area contributed by atoms with Crippen molar-refractivity contribution in [2.24, 2.45) is 5.41 Å². The molecule has 5 nitrogen and oxygen atoms in total. The molecule has 5 heteroatoms. The topological polar surface area (TPSA) is 66.8 Å². The summed E-state index contributed by atoms with van der Waals surface area (Å²) in [5, 5.41) is 9.40. The van der Waals surface area contributed by atoms with Crippen molar-refractivity contribution >= 4 is 11.9 Å². The largest absolute Gasteiger partial charge is 0.489 e. The molecule has 3 rings (SSSR count). The van der Waals surface area contributed by atoms with Gasteiger partial charge in [-0.05, 0) is 49.6 Å². The van der Waals surface area contributed by atoms with Crippen LogP contribution in [0.3, 0.4) is 0 Å². The number of piperidine rings is 1. The Kier molecular flexibility index (Phi) is 5.26. The van der Waals surface area contributed by atoms with Crippen molar-refractivity contribution < 1.29 is 19.4 Å². The van der Waals surface area contributed by atoms with Gasteiger partial charge in [-0.3, -0.25) is 9.59 Å². The minimum absolute atomic E-state index is 0.133. The third kappa shape index (κ3) is 4.04. The maximum Gasteiger partial charge on any atom is 0.311 e. The van der Waals surface area contributed by atoms with Crippen LogP contribution in [0.1, 0.15) is 35.7 Å². The molecule has 1 aliphatic heterocycles. The first-order valence-corrected chi connectivity index (χ1v) is 8.77. The van der Waals surface area contributed by atoms with E-state index in [1.54, 1.807) is 36.1 Å². The molecule has 1 N–H and O–H groups in total. The molecule has 2 aromatic rings. The third-order valence-corrected chi connectivity index (χ3v) is 4.85. The van der Waals surface area contributed by atoms with Gasteiger partial charge < -0.3 is 14.7 Å². The van der Waals surface area contributed by atoms with Gasteiger partial charge in [0.15, 0.2) is 0 Å². The van der Waals surface area contributed by atoms with E-state index in [2.05, 4.69) is 0 Å². The molecule has 1 unspecified atom stereocenters. The zero-order valence-electron chi connectivity index (χ0n) is 14.9. The predicted octanol–water partition coefficient (Wildman–Crippen LogP) is 3.59. The summed E-state index contributed by atoms with van der Waals surface area (Å²) in [6.07, 6.45) is 1.30. The molecule has 1 aliphatic rings. The summed E-state index contributed by atoms with van der Waals surface area (Å²) in [4.78, 5) is 25.8. The Labute approximate surface area is 153 Å². The van der Waals surface area contributed by atoms with Crippen molar-refractivity contribution in [3.8, 4) is 5.75 Å². The van der Waals surface area contributed by atoms with E-state index in [4.69, 9.17) is 4.74 Å². The first kappa shape index (κ1) is 18.0. The average molecular weight is 353 g/mol. The molecule has 26 heavy (non-hydrogen) atoms. The second-order valence-electron chi connectivity index (χ2n) is 6.99. The number of carboxylic acid groups (broad SMARTS) is 1. The molecule has 0 bridgehead atoms. The SMILES string of the molecule is CC1(C(=O)O)CCCN(C(=O)c2ccc(OCc3ccccc3)cc2)C1. The third-order valence-electron chi connectivity index (χ3n) is 4.85. The lowest BCUT2D eigenvalue weighted by atomic mass is 9.82. The molecular formula is C21H23NO4. The van der Waals surface area contributed by atoms with Gasteiger partial charge >= 0.3 is 5.97 Å². The molecular weight excluding hydrogens is 330 g/mol. The van der Waals surface area contributed by atoms with Gasteiger partial charge in [-0.15, -0.1) is 0 Å². The summed E-state index contributed by atoms with van der Waals surface area (Å²) in [7, 11) is 0. The summed E-state index contributed by atoms with van der Waals surface area (Å²) < 4.78 is 5.73. The van der Waals surface area contributed by atoms with Gasteiger partial charge in [0.1, 0.15) is 12.4 Å². The molecule has 1 atom stereocenters. The van der Waals surface area contributed by atoms with Gasteiger partial charge in [-0.25, -0.2) is 0 Å². The molecule has 0 radical (unpaired) electrons. The summed E-state index contributed by atoms with van der Waals surface area (Å²) in [6.45, 7) is 3.01. The van der Waals surface area contributed by atoms with E-state index in [0.717, 1.165) is 5.56 Å². The van der Waals surface area contributed by atoms with Crippen molar-refractivity contribution in [1.29, 1.82) is 0 Å². The molecule has 0 saturated carbocycles. The van der Waals surface area contributed by atoms with Crippen LogP contribution in [0.2, 0.25) is 0 Å². The second kappa shape index (κ2) is 7.60. The highest BCUT2D eigenvalue weighted by molar-refractivity contribution is 5.94. The summed E-state index contributed by atoms with van der Waals surface area (Å²) >= 11 is 0. The highest BCUT2D eigenvalue weighted by Gasteiger charge is 2.39. The first-order valence-electron chi connectivity index (χ1n) is 8.77. The van der Waals surface area contributed by atoms with Crippen LogP contribution in [0.25, 0.3) is 0 Å². The maximum atomic E-state index is 12.7. The lowest BCUT2D eigenvalue weighted by Crippen LogP contribution is -2.48. The molecule has 0 spiro atoms. The predicted molar refractivity (Wildman–Crippen MR) is 98.1 cm³/mol. The van der Waals surface area contributed by atoms with Crippen LogP contribution in [0.4, 0.5) is 0 Å². The van der Waals surface area contributed by atoms with Crippen molar-refractivity contribution in [3.63, 3.8) is 0 Å². The van der Waals surface area contributed by atoms with E-state index in [-0.39, 0.29) is 12.5 Å². The number of rotatable bonds is 5. The van der Waals surface area contributed by atoms with Gasteiger partial charge in [0.2, 0.25) is 0 Å². The fourth-order valence-electron chi connectivity index (χ4n) is 3.20. The summed E-state index contributed by atoms with van der Waals surface area (Å²) in [6, 6.07) is 16.9. The zero-order valence-corrected chi connectivity index (χ0v) is 14.9. The number of hydrogen-bond acceptors (Lipinski definition) is 3. The van der Waals surface area contributed by atoms with E-state index >= 15 is 0 Å². The fourth-order valence-corrected chi connectivity index (χ4v) is 3.20. The fraction of sp³-hybridized carbons (Fsp3) is 0.333. The highest BCUT2D eigenvalue weighted by Crippen LogP contribution is 2.30. The van der Waals surface area contributed by atoms with Crippen molar-refractivity contribution in [1.82, 2.24) is 4.90 Å². The maximum absolute atomic E-state index is 12.7. The standard InChI is InChI=1S/C21H23NO4/c1-21(20(24)25)12-5-13-22(15-21)19(23)17-8-10-18(11-9-17)26-14-16-6-3-2-4-7-16/h2-4,6-11H,5,12-15H2,1H3,(H,24,25). The summed E-state index contributed by atoms with van der Waals surface area (Å²) in [5.41, 5.74) is 0.757. The Balaban J connectivity index is 1.62. The number of aliphatic carboxylic acids is 1. The van der Waals surface area contributed by atoms with E-state index in [9.17, 15) is 14.7 Å². The van der Waals surface area contributed by atoms with Crippen molar-refractivity contribution in [2.75, 3.05) is 13.1 Å². The Morgan fingerprint density at radius 3 is 2.46 bits per heavy atom. The second-order valence-corrected chi connectivity index (χ2v) is 6.99. The number of carboxylic acids is 1. The van der Waals surface area contributed by atoms with Gasteiger partial charge in [-0.1, -0.05) is 30.3 Å². The minimum Gasteiger partial charge on any atom is -0.489 e. The number of nitrogens with zero attached hydrogens (tertiary/aromatic N) is 1. The summed E-state index contributed by atoms with van der Waals surface area (Å²) in [5.74, 6) is -0.286. The van der Waals surface area contributed by atoms with Crippen LogP contribution in [0.5, 0.6) is 5.75 Å². The normalized spacial score (nSPS) is 19.8.